The summed E-state index contributed by atoms with van der Waals surface area (Å²) in [5, 5.41) is 0. The minimum Gasteiger partial charge on any atom is -1.00 e. The lowest BCUT2D eigenvalue weighted by atomic mass is 9.44. The normalized spacial score (nSPS) is 43.4. The van der Waals surface area contributed by atoms with E-state index in [1.807, 2.05) is 20.8 Å². The van der Waals surface area contributed by atoms with Crippen LogP contribution in [-0.2, 0) is 19.1 Å². The summed E-state index contributed by atoms with van der Waals surface area (Å²) in [6.45, 7) is 17.6. The lowest BCUT2D eigenvalue weighted by Crippen LogP contribution is -3.00. The third-order valence-corrected chi connectivity index (χ3v) is 14.5. The van der Waals surface area contributed by atoms with Crippen LogP contribution in [0.2, 0.25) is 0 Å². The average Bonchev–Trinajstić information content (AvgIpc) is 3.09. The molecule has 6 fully saturated rings. The fourth-order valence-electron chi connectivity index (χ4n) is 12.0. The Kier molecular flexibility index (Phi) is 10.6. The van der Waals surface area contributed by atoms with E-state index in [4.69, 9.17) is 9.47 Å². The number of ether oxygens (including phenoxy) is 2. The van der Waals surface area contributed by atoms with Crippen LogP contribution in [0.3, 0.4) is 0 Å². The predicted octanol–water partition coefficient (Wildman–Crippen LogP) is 4.39. The standard InChI is InChI=1S/C38H65N2O4.BrH/c1-26(41)43-33-23-27-15-16-28-29(38(27,6)25-31(33)39-19-11-10-12-20-39)17-18-37(5)30(28)24-32(34(37)44-35(42)36(2,3)4)40(7)21-13-8-9-14-22-40;/h27-34H,8-25H2,1-7H3;1H/q+1;/p-1/t27-,28+,29-,30-,31-,32-,33-,34-,37-,38-;/m0./s1. The minimum atomic E-state index is -0.483. The quantitative estimate of drug-likeness (QED) is 0.324. The van der Waals surface area contributed by atoms with Crippen molar-refractivity contribution in [2.24, 2.45) is 39.9 Å². The molecule has 45 heavy (non-hydrogen) atoms. The Bertz CT molecular complexity index is 1060. The van der Waals surface area contributed by atoms with E-state index >= 15 is 0 Å². The number of hydrogen-bond acceptors (Lipinski definition) is 5. The lowest BCUT2D eigenvalue weighted by Gasteiger charge is -2.62. The summed E-state index contributed by atoms with van der Waals surface area (Å²) in [4.78, 5) is 28.6. The number of likely N-dealkylation sites (N-methyl/N-ethyl adjacent to an activating group) is 1. The molecule has 7 heteroatoms. The summed E-state index contributed by atoms with van der Waals surface area (Å²) in [5.74, 6) is 2.52. The SMILES string of the molecule is CC(=O)O[C@H]1C[C@@H]2CC[C@@H]3[C@H](CC[C@@]4(C)[C@H]3C[C@H]([N+]3(C)CCCCCC3)[C@@H]4OC(=O)C(C)(C)C)[C@@]2(C)C[C@@H]1N1CCCCC1.[Br-]. The van der Waals surface area contributed by atoms with Crippen LogP contribution >= 0.6 is 0 Å². The Morgan fingerprint density at radius 1 is 0.822 bits per heavy atom. The Morgan fingerprint density at radius 2 is 1.47 bits per heavy atom. The smallest absolute Gasteiger partial charge is 0.311 e. The first-order valence-corrected chi connectivity index (χ1v) is 18.7. The summed E-state index contributed by atoms with van der Waals surface area (Å²) in [6, 6.07) is 0.755. The number of hydrogen-bond donors (Lipinski definition) is 0. The van der Waals surface area contributed by atoms with Gasteiger partial charge in [0, 0.05) is 24.8 Å². The molecule has 6 aliphatic rings. The number of carbonyl (C=O) groups is 2. The van der Waals surface area contributed by atoms with Gasteiger partial charge < -0.3 is 30.9 Å². The number of quaternary nitrogens is 1. The van der Waals surface area contributed by atoms with Crippen molar-refractivity contribution < 1.29 is 40.5 Å². The van der Waals surface area contributed by atoms with E-state index in [2.05, 4.69) is 25.8 Å². The second-order valence-corrected chi connectivity index (χ2v) is 18.2. The van der Waals surface area contributed by atoms with Gasteiger partial charge in [0.1, 0.15) is 12.1 Å². The van der Waals surface area contributed by atoms with Gasteiger partial charge in [0.15, 0.2) is 6.10 Å². The average molecular weight is 694 g/mol. The number of rotatable bonds is 4. The van der Waals surface area contributed by atoms with E-state index in [0.717, 1.165) is 24.0 Å². The van der Waals surface area contributed by atoms with Crippen molar-refractivity contribution in [3.8, 4) is 0 Å². The summed E-state index contributed by atoms with van der Waals surface area (Å²) in [5.41, 5.74) is -0.159. The number of esters is 2. The minimum absolute atomic E-state index is 0. The van der Waals surface area contributed by atoms with Crippen LogP contribution in [-0.4, -0.2) is 78.8 Å². The van der Waals surface area contributed by atoms with Crippen LogP contribution < -0.4 is 17.0 Å². The van der Waals surface area contributed by atoms with Crippen molar-refractivity contribution in [3.05, 3.63) is 0 Å². The van der Waals surface area contributed by atoms with E-state index in [1.54, 1.807) is 6.92 Å². The molecule has 0 aromatic carbocycles. The molecule has 0 aromatic rings. The lowest BCUT2D eigenvalue weighted by molar-refractivity contribution is -0.935. The molecule has 4 aliphatic carbocycles. The van der Waals surface area contributed by atoms with Crippen LogP contribution in [0.25, 0.3) is 0 Å². The molecular weight excluding hydrogens is 628 g/mol. The van der Waals surface area contributed by atoms with Gasteiger partial charge >= 0.3 is 11.9 Å². The molecule has 0 aromatic heterocycles. The number of fused-ring (bicyclic) bond motifs is 5. The number of nitrogens with zero attached hydrogens (tertiary/aromatic N) is 2. The molecule has 2 aliphatic heterocycles. The second-order valence-electron chi connectivity index (χ2n) is 18.2. The van der Waals surface area contributed by atoms with Gasteiger partial charge in [-0.2, -0.15) is 0 Å². The summed E-state index contributed by atoms with van der Waals surface area (Å²) >= 11 is 0. The van der Waals surface area contributed by atoms with Crippen molar-refractivity contribution in [2.75, 3.05) is 33.2 Å². The zero-order chi connectivity index (χ0) is 31.5. The molecule has 6 rings (SSSR count). The second kappa shape index (κ2) is 13.3. The largest absolute Gasteiger partial charge is 1.00 e. The molecule has 6 nitrogen and oxygen atoms in total. The number of likely N-dealkylation sites (tertiary alicyclic amines) is 2. The zero-order valence-corrected chi connectivity index (χ0v) is 31.3. The fourth-order valence-corrected chi connectivity index (χ4v) is 12.0. The van der Waals surface area contributed by atoms with Gasteiger partial charge in [-0.25, -0.2) is 0 Å². The maximum absolute atomic E-state index is 13.6. The van der Waals surface area contributed by atoms with Gasteiger partial charge in [-0.15, -0.1) is 0 Å². The maximum Gasteiger partial charge on any atom is 0.311 e. The third-order valence-electron chi connectivity index (χ3n) is 14.5. The molecule has 10 atom stereocenters. The van der Waals surface area contributed by atoms with E-state index in [-0.39, 0.29) is 52.0 Å². The first kappa shape index (κ1) is 35.6. The van der Waals surface area contributed by atoms with Crippen molar-refractivity contribution in [3.63, 3.8) is 0 Å². The van der Waals surface area contributed by atoms with Crippen molar-refractivity contribution in [1.82, 2.24) is 4.90 Å². The van der Waals surface area contributed by atoms with Crippen LogP contribution in [0.15, 0.2) is 0 Å². The summed E-state index contributed by atoms with van der Waals surface area (Å²) in [7, 11) is 2.50. The van der Waals surface area contributed by atoms with Gasteiger partial charge in [0.05, 0.1) is 25.6 Å². The van der Waals surface area contributed by atoms with Gasteiger partial charge in [0.25, 0.3) is 0 Å². The highest BCUT2D eigenvalue weighted by atomic mass is 79.9. The van der Waals surface area contributed by atoms with Crippen molar-refractivity contribution in [2.45, 2.75) is 156 Å². The van der Waals surface area contributed by atoms with Gasteiger partial charge in [-0.1, -0.05) is 20.3 Å². The molecule has 0 radical (unpaired) electrons. The summed E-state index contributed by atoms with van der Waals surface area (Å²) < 4.78 is 14.0. The predicted molar refractivity (Wildman–Crippen MR) is 175 cm³/mol. The molecular formula is C38H65BrN2O4. The van der Waals surface area contributed by atoms with E-state index in [0.29, 0.717) is 35.8 Å². The van der Waals surface area contributed by atoms with Crippen molar-refractivity contribution in [1.29, 1.82) is 0 Å². The van der Waals surface area contributed by atoms with E-state index in [9.17, 15) is 9.59 Å². The molecule has 0 N–H and O–H groups in total. The van der Waals surface area contributed by atoms with E-state index in [1.165, 1.54) is 96.6 Å². The first-order chi connectivity index (χ1) is 20.8. The molecule has 2 saturated heterocycles. The monoisotopic (exact) mass is 692 g/mol. The van der Waals surface area contributed by atoms with Gasteiger partial charge in [0.2, 0.25) is 0 Å². The number of carbonyl (C=O) groups excluding carboxylic acids is 2. The molecule has 0 unspecified atom stereocenters. The highest BCUT2D eigenvalue weighted by Gasteiger charge is 2.67. The Morgan fingerprint density at radius 3 is 2.09 bits per heavy atom. The number of halogens is 1. The fraction of sp³-hybridized carbons (Fsp3) is 0.947. The van der Waals surface area contributed by atoms with Gasteiger partial charge in [-0.3, -0.25) is 14.5 Å². The molecule has 0 spiro atoms. The molecule has 258 valence electrons. The Hall–Kier alpha value is -0.660. The van der Waals surface area contributed by atoms with E-state index < -0.39 is 5.41 Å². The van der Waals surface area contributed by atoms with Crippen LogP contribution in [0, 0.1) is 39.9 Å². The Balaban J connectivity index is 0.00000400. The zero-order valence-electron chi connectivity index (χ0n) is 29.8. The topological polar surface area (TPSA) is 55.8 Å². The Labute approximate surface area is 285 Å². The molecule has 4 saturated carbocycles. The molecule has 0 amide bonds. The highest BCUT2D eigenvalue weighted by Crippen LogP contribution is 2.68. The number of piperidine rings is 1. The molecule has 2 heterocycles. The van der Waals surface area contributed by atoms with Crippen molar-refractivity contribution >= 4 is 11.9 Å². The van der Waals surface area contributed by atoms with Crippen LogP contribution in [0.5, 0.6) is 0 Å². The van der Waals surface area contributed by atoms with Crippen LogP contribution in [0.1, 0.15) is 131 Å². The summed E-state index contributed by atoms with van der Waals surface area (Å²) in [6.07, 6.45) is 17.5. The molecule has 0 bridgehead atoms. The third kappa shape index (κ3) is 6.55. The van der Waals surface area contributed by atoms with Gasteiger partial charge in [-0.05, 0) is 140 Å². The maximum atomic E-state index is 13.6. The highest BCUT2D eigenvalue weighted by molar-refractivity contribution is 5.75. The first-order valence-electron chi connectivity index (χ1n) is 18.7. The van der Waals surface area contributed by atoms with Crippen LogP contribution in [0.4, 0.5) is 0 Å².